The van der Waals surface area contributed by atoms with Crippen LogP contribution in [0.1, 0.15) is 44.7 Å². The van der Waals surface area contributed by atoms with Crippen molar-refractivity contribution < 1.29 is 9.90 Å². The number of aryl methyl sites for hydroxylation is 1. The summed E-state index contributed by atoms with van der Waals surface area (Å²) in [5, 5.41) is 9.64. The molecule has 18 heavy (non-hydrogen) atoms. The number of aliphatic carboxylic acids is 1. The van der Waals surface area contributed by atoms with Gasteiger partial charge in [0.05, 0.1) is 11.4 Å². The van der Waals surface area contributed by atoms with E-state index in [1.54, 1.807) is 0 Å². The molecule has 5 heteroatoms. The van der Waals surface area contributed by atoms with Crippen molar-refractivity contribution >= 4 is 17.7 Å². The predicted molar refractivity (Wildman–Crippen MR) is 72.1 cm³/mol. The van der Waals surface area contributed by atoms with Gasteiger partial charge in [0, 0.05) is 11.7 Å². The molecule has 0 amide bonds. The van der Waals surface area contributed by atoms with Gasteiger partial charge in [0.25, 0.3) is 0 Å². The molecule has 1 heterocycles. The second kappa shape index (κ2) is 5.34. The highest BCUT2D eigenvalue weighted by molar-refractivity contribution is 7.99. The average Bonchev–Trinajstić information content (AvgIpc) is 2.70. The third kappa shape index (κ3) is 2.88. The molecule has 1 aromatic heterocycles. The molecular formula is C13H20N2O2S. The van der Waals surface area contributed by atoms with Gasteiger partial charge in [-0.2, -0.15) is 0 Å². The van der Waals surface area contributed by atoms with E-state index in [1.165, 1.54) is 31.0 Å². The van der Waals surface area contributed by atoms with Gasteiger partial charge < -0.3 is 9.67 Å². The maximum absolute atomic E-state index is 10.7. The zero-order valence-corrected chi connectivity index (χ0v) is 11.8. The second-order valence-corrected chi connectivity index (χ2v) is 6.22. The Morgan fingerprint density at radius 1 is 1.50 bits per heavy atom. The Balaban J connectivity index is 2.22. The summed E-state index contributed by atoms with van der Waals surface area (Å²) in [6.45, 7) is 4.23. The summed E-state index contributed by atoms with van der Waals surface area (Å²) in [5.41, 5.74) is 1.08. The first-order chi connectivity index (χ1) is 8.51. The van der Waals surface area contributed by atoms with Crippen LogP contribution in [0.25, 0.3) is 0 Å². The van der Waals surface area contributed by atoms with Gasteiger partial charge in [-0.15, -0.1) is 0 Å². The van der Waals surface area contributed by atoms with E-state index in [2.05, 4.69) is 22.7 Å². The third-order valence-corrected chi connectivity index (χ3v) is 4.57. The highest BCUT2D eigenvalue weighted by atomic mass is 32.2. The van der Waals surface area contributed by atoms with Crippen molar-refractivity contribution in [1.82, 2.24) is 9.55 Å². The van der Waals surface area contributed by atoms with Crippen LogP contribution < -0.4 is 0 Å². The SMILES string of the molecule is Cc1cn(C2(C)CCCCC2)c(SCC(=O)O)n1. The molecule has 0 saturated heterocycles. The third-order valence-electron chi connectivity index (χ3n) is 3.63. The molecule has 1 aromatic rings. The van der Waals surface area contributed by atoms with Crippen molar-refractivity contribution in [3.63, 3.8) is 0 Å². The van der Waals surface area contributed by atoms with E-state index in [0.717, 1.165) is 23.7 Å². The maximum Gasteiger partial charge on any atom is 0.313 e. The summed E-state index contributed by atoms with van der Waals surface area (Å²) in [5.74, 6) is -0.715. The van der Waals surface area contributed by atoms with E-state index < -0.39 is 5.97 Å². The van der Waals surface area contributed by atoms with Crippen LogP contribution in [0.5, 0.6) is 0 Å². The summed E-state index contributed by atoms with van der Waals surface area (Å²) in [7, 11) is 0. The van der Waals surface area contributed by atoms with Crippen LogP contribution in [0.2, 0.25) is 0 Å². The molecule has 1 aliphatic rings. The molecule has 100 valence electrons. The number of nitrogens with zero attached hydrogens (tertiary/aromatic N) is 2. The number of hydrogen-bond donors (Lipinski definition) is 1. The Kier molecular flexibility index (Phi) is 4.00. The van der Waals surface area contributed by atoms with Crippen LogP contribution in [0.3, 0.4) is 0 Å². The second-order valence-electron chi connectivity index (χ2n) is 5.27. The predicted octanol–water partition coefficient (Wildman–Crippen LogP) is 3.05. The number of carboxylic acids is 1. The zero-order valence-electron chi connectivity index (χ0n) is 11.0. The number of carboxylic acid groups (broad SMARTS) is 1. The fourth-order valence-corrected chi connectivity index (χ4v) is 3.52. The molecule has 0 aromatic carbocycles. The minimum Gasteiger partial charge on any atom is -0.481 e. The molecule has 1 aliphatic carbocycles. The van der Waals surface area contributed by atoms with Crippen LogP contribution >= 0.6 is 11.8 Å². The summed E-state index contributed by atoms with van der Waals surface area (Å²) in [6.07, 6.45) is 8.18. The highest BCUT2D eigenvalue weighted by Crippen LogP contribution is 2.37. The molecule has 2 rings (SSSR count). The van der Waals surface area contributed by atoms with Gasteiger partial charge in [0.2, 0.25) is 0 Å². The molecule has 0 radical (unpaired) electrons. The van der Waals surface area contributed by atoms with E-state index in [0.29, 0.717) is 0 Å². The number of thioether (sulfide) groups is 1. The molecule has 0 atom stereocenters. The maximum atomic E-state index is 10.7. The number of rotatable bonds is 4. The molecule has 0 spiro atoms. The number of carbonyl (C=O) groups is 1. The molecule has 1 fully saturated rings. The fourth-order valence-electron chi connectivity index (χ4n) is 2.64. The number of aromatic nitrogens is 2. The van der Waals surface area contributed by atoms with Crippen molar-refractivity contribution in [2.24, 2.45) is 0 Å². The molecule has 0 aliphatic heterocycles. The summed E-state index contributed by atoms with van der Waals surface area (Å²) < 4.78 is 2.20. The van der Waals surface area contributed by atoms with E-state index in [1.807, 2.05) is 6.92 Å². The minimum atomic E-state index is -0.791. The van der Waals surface area contributed by atoms with E-state index in [-0.39, 0.29) is 11.3 Å². The molecule has 0 unspecified atom stereocenters. The van der Waals surface area contributed by atoms with Crippen LogP contribution in [-0.2, 0) is 10.3 Å². The molecule has 4 nitrogen and oxygen atoms in total. The van der Waals surface area contributed by atoms with Crippen molar-refractivity contribution in [1.29, 1.82) is 0 Å². The van der Waals surface area contributed by atoms with Gasteiger partial charge in [-0.3, -0.25) is 4.79 Å². The topological polar surface area (TPSA) is 55.1 Å². The molecule has 1 N–H and O–H groups in total. The smallest absolute Gasteiger partial charge is 0.313 e. The van der Waals surface area contributed by atoms with Crippen LogP contribution in [0.4, 0.5) is 0 Å². The number of hydrogen-bond acceptors (Lipinski definition) is 3. The Labute approximate surface area is 112 Å². The van der Waals surface area contributed by atoms with Crippen molar-refractivity contribution in [2.45, 2.75) is 56.6 Å². The molecular weight excluding hydrogens is 248 g/mol. The lowest BCUT2D eigenvalue weighted by Gasteiger charge is -2.36. The average molecular weight is 268 g/mol. The first-order valence-electron chi connectivity index (χ1n) is 6.42. The van der Waals surface area contributed by atoms with Gasteiger partial charge in [-0.1, -0.05) is 31.0 Å². The van der Waals surface area contributed by atoms with Gasteiger partial charge >= 0.3 is 5.97 Å². The first kappa shape index (κ1) is 13.5. The highest BCUT2D eigenvalue weighted by Gasteiger charge is 2.31. The normalized spacial score (nSPS) is 18.8. The lowest BCUT2D eigenvalue weighted by Crippen LogP contribution is -2.32. The molecule has 0 bridgehead atoms. The van der Waals surface area contributed by atoms with Crippen molar-refractivity contribution in [3.8, 4) is 0 Å². The minimum absolute atomic E-state index is 0.0759. The van der Waals surface area contributed by atoms with Gasteiger partial charge in [0.1, 0.15) is 0 Å². The summed E-state index contributed by atoms with van der Waals surface area (Å²) in [6, 6.07) is 0. The van der Waals surface area contributed by atoms with E-state index >= 15 is 0 Å². The summed E-state index contributed by atoms with van der Waals surface area (Å²) >= 11 is 1.32. The Bertz CT molecular complexity index is 436. The van der Waals surface area contributed by atoms with Crippen LogP contribution in [0.15, 0.2) is 11.4 Å². The lowest BCUT2D eigenvalue weighted by atomic mass is 9.83. The summed E-state index contributed by atoms with van der Waals surface area (Å²) in [4.78, 5) is 15.2. The van der Waals surface area contributed by atoms with E-state index in [9.17, 15) is 4.79 Å². The quantitative estimate of drug-likeness (QED) is 0.853. The van der Waals surface area contributed by atoms with Crippen molar-refractivity contribution in [3.05, 3.63) is 11.9 Å². The largest absolute Gasteiger partial charge is 0.481 e. The fraction of sp³-hybridized carbons (Fsp3) is 0.692. The molecule has 1 saturated carbocycles. The monoisotopic (exact) mass is 268 g/mol. The van der Waals surface area contributed by atoms with Crippen LogP contribution in [-0.4, -0.2) is 26.4 Å². The van der Waals surface area contributed by atoms with Gasteiger partial charge in [-0.05, 0) is 26.7 Å². The van der Waals surface area contributed by atoms with Gasteiger partial charge in [-0.25, -0.2) is 4.98 Å². The Morgan fingerprint density at radius 2 is 2.17 bits per heavy atom. The lowest BCUT2D eigenvalue weighted by molar-refractivity contribution is -0.133. The number of imidazole rings is 1. The standard InChI is InChI=1S/C13H20N2O2S/c1-10-8-15(12(14-10)18-9-11(16)17)13(2)6-4-3-5-7-13/h8H,3-7,9H2,1-2H3,(H,16,17). The van der Waals surface area contributed by atoms with Gasteiger partial charge in [0.15, 0.2) is 5.16 Å². The Morgan fingerprint density at radius 3 is 2.78 bits per heavy atom. The first-order valence-corrected chi connectivity index (χ1v) is 7.41. The van der Waals surface area contributed by atoms with Crippen LogP contribution in [0, 0.1) is 6.92 Å². The van der Waals surface area contributed by atoms with Crippen molar-refractivity contribution in [2.75, 3.05) is 5.75 Å². The van der Waals surface area contributed by atoms with E-state index in [4.69, 9.17) is 5.11 Å². The Hall–Kier alpha value is -0.970. The zero-order chi connectivity index (χ0) is 13.2.